The Bertz CT molecular complexity index is 898. The summed E-state index contributed by atoms with van der Waals surface area (Å²) in [4.78, 5) is 30.4. The number of nitrogens with zero attached hydrogens (tertiary/aromatic N) is 4. The molecule has 0 saturated carbocycles. The highest BCUT2D eigenvalue weighted by atomic mass is 32.1. The van der Waals surface area contributed by atoms with E-state index < -0.39 is 0 Å². The zero-order valence-electron chi connectivity index (χ0n) is 14.1. The maximum absolute atomic E-state index is 12.8. The van der Waals surface area contributed by atoms with Gasteiger partial charge in [0, 0.05) is 38.6 Å². The van der Waals surface area contributed by atoms with Crippen molar-refractivity contribution >= 4 is 33.4 Å². The van der Waals surface area contributed by atoms with Gasteiger partial charge < -0.3 is 14.2 Å². The van der Waals surface area contributed by atoms with E-state index in [1.807, 2.05) is 29.6 Å². The van der Waals surface area contributed by atoms with E-state index >= 15 is 0 Å². The molecule has 3 aromatic heterocycles. The number of carbonyl (C=O) groups is 2. The molecule has 0 aromatic carbocycles. The van der Waals surface area contributed by atoms with Crippen LogP contribution in [0.1, 0.15) is 25.7 Å². The molecule has 7 nitrogen and oxygen atoms in total. The standard InChI is InChI=1S/C17H18N4O3S/c1-11-13-9-14(25-17(13)19(2)18-11)16(23)21-6-4-20(5-7-21)15(22)12-3-8-24-10-12/h3,8-10H,4-7H2,1-2H3. The second-order valence-corrected chi connectivity index (χ2v) is 7.17. The van der Waals surface area contributed by atoms with Crippen molar-refractivity contribution < 1.29 is 14.0 Å². The van der Waals surface area contributed by atoms with Gasteiger partial charge in [0.2, 0.25) is 0 Å². The highest BCUT2D eigenvalue weighted by Crippen LogP contribution is 2.28. The first-order chi connectivity index (χ1) is 12.0. The first kappa shape index (κ1) is 15.9. The van der Waals surface area contributed by atoms with Crippen molar-refractivity contribution in [1.29, 1.82) is 0 Å². The number of rotatable bonds is 2. The molecule has 1 aliphatic rings. The van der Waals surface area contributed by atoms with Gasteiger partial charge in [-0.05, 0) is 19.1 Å². The second-order valence-electron chi connectivity index (χ2n) is 6.13. The van der Waals surface area contributed by atoms with Crippen LogP contribution in [0.3, 0.4) is 0 Å². The summed E-state index contributed by atoms with van der Waals surface area (Å²) in [5, 5.41) is 5.40. The predicted octanol–water partition coefficient (Wildman–Crippen LogP) is 2.13. The molecule has 0 spiro atoms. The van der Waals surface area contributed by atoms with Gasteiger partial charge in [-0.2, -0.15) is 5.10 Å². The third-order valence-corrected chi connectivity index (χ3v) is 5.72. The smallest absolute Gasteiger partial charge is 0.264 e. The third-order valence-electron chi connectivity index (χ3n) is 4.53. The Balaban J connectivity index is 1.45. The number of thiophene rings is 1. The van der Waals surface area contributed by atoms with E-state index in [4.69, 9.17) is 4.42 Å². The number of hydrogen-bond donors (Lipinski definition) is 0. The molecule has 4 rings (SSSR count). The van der Waals surface area contributed by atoms with Crippen molar-refractivity contribution in [2.45, 2.75) is 6.92 Å². The minimum Gasteiger partial charge on any atom is -0.472 e. The molecule has 3 aromatic rings. The van der Waals surface area contributed by atoms with Crippen LogP contribution in [0.15, 0.2) is 29.1 Å². The molecule has 4 heterocycles. The highest BCUT2D eigenvalue weighted by Gasteiger charge is 2.27. The molecule has 0 unspecified atom stereocenters. The Labute approximate surface area is 148 Å². The molecule has 130 valence electrons. The summed E-state index contributed by atoms with van der Waals surface area (Å²) in [6.45, 7) is 4.08. The number of furan rings is 1. The van der Waals surface area contributed by atoms with Crippen LogP contribution in [0.5, 0.6) is 0 Å². The lowest BCUT2D eigenvalue weighted by Gasteiger charge is -2.34. The van der Waals surface area contributed by atoms with Crippen molar-refractivity contribution in [2.24, 2.45) is 7.05 Å². The van der Waals surface area contributed by atoms with E-state index in [0.29, 0.717) is 31.7 Å². The van der Waals surface area contributed by atoms with E-state index in [-0.39, 0.29) is 11.8 Å². The molecule has 8 heteroatoms. The number of fused-ring (bicyclic) bond motifs is 1. The van der Waals surface area contributed by atoms with Crippen LogP contribution in [0.2, 0.25) is 0 Å². The van der Waals surface area contributed by atoms with E-state index in [1.165, 1.54) is 23.9 Å². The molecule has 0 atom stereocenters. The molecular weight excluding hydrogens is 340 g/mol. The SMILES string of the molecule is Cc1nn(C)c2sc(C(=O)N3CCN(C(=O)c4ccoc4)CC3)cc12. The van der Waals surface area contributed by atoms with Gasteiger partial charge in [0.1, 0.15) is 11.1 Å². The summed E-state index contributed by atoms with van der Waals surface area (Å²) in [7, 11) is 1.89. The monoisotopic (exact) mass is 358 g/mol. The van der Waals surface area contributed by atoms with Gasteiger partial charge in [0.25, 0.3) is 11.8 Å². The lowest BCUT2D eigenvalue weighted by atomic mass is 10.2. The molecule has 0 radical (unpaired) electrons. The van der Waals surface area contributed by atoms with E-state index in [9.17, 15) is 9.59 Å². The summed E-state index contributed by atoms with van der Waals surface area (Å²) >= 11 is 1.47. The summed E-state index contributed by atoms with van der Waals surface area (Å²) < 4.78 is 6.78. The topological polar surface area (TPSA) is 71.6 Å². The molecule has 1 saturated heterocycles. The average molecular weight is 358 g/mol. The Kier molecular flexibility index (Phi) is 3.84. The number of aryl methyl sites for hydroxylation is 2. The summed E-state index contributed by atoms with van der Waals surface area (Å²) in [6, 6.07) is 3.58. The van der Waals surface area contributed by atoms with Crippen LogP contribution < -0.4 is 0 Å². The third kappa shape index (κ3) is 2.72. The molecule has 0 bridgehead atoms. The lowest BCUT2D eigenvalue weighted by Crippen LogP contribution is -2.50. The van der Waals surface area contributed by atoms with E-state index in [0.717, 1.165) is 20.8 Å². The Morgan fingerprint density at radius 3 is 2.44 bits per heavy atom. The Hall–Kier alpha value is -2.61. The summed E-state index contributed by atoms with van der Waals surface area (Å²) in [6.07, 6.45) is 2.94. The minimum absolute atomic E-state index is 0.0241. The van der Waals surface area contributed by atoms with Gasteiger partial charge in [-0.3, -0.25) is 14.3 Å². The van der Waals surface area contributed by atoms with E-state index in [1.54, 1.807) is 11.0 Å². The molecule has 25 heavy (non-hydrogen) atoms. The summed E-state index contributed by atoms with van der Waals surface area (Å²) in [5.41, 5.74) is 1.48. The average Bonchev–Trinajstić information content (AvgIpc) is 3.34. The summed E-state index contributed by atoms with van der Waals surface area (Å²) in [5.74, 6) is -0.0274. The van der Waals surface area contributed by atoms with Gasteiger partial charge in [0.15, 0.2) is 0 Å². The van der Waals surface area contributed by atoms with Crippen molar-refractivity contribution in [3.05, 3.63) is 40.8 Å². The van der Waals surface area contributed by atoms with Crippen LogP contribution in [-0.2, 0) is 7.05 Å². The Morgan fingerprint density at radius 1 is 1.16 bits per heavy atom. The fourth-order valence-corrected chi connectivity index (χ4v) is 4.24. The Morgan fingerprint density at radius 2 is 1.84 bits per heavy atom. The van der Waals surface area contributed by atoms with Crippen LogP contribution in [0, 0.1) is 6.92 Å². The minimum atomic E-state index is -0.0515. The van der Waals surface area contributed by atoms with Crippen molar-refractivity contribution in [1.82, 2.24) is 19.6 Å². The fourth-order valence-electron chi connectivity index (χ4n) is 3.15. The van der Waals surface area contributed by atoms with Crippen LogP contribution in [0.4, 0.5) is 0 Å². The van der Waals surface area contributed by atoms with E-state index in [2.05, 4.69) is 5.10 Å². The zero-order valence-corrected chi connectivity index (χ0v) is 14.9. The zero-order chi connectivity index (χ0) is 17.6. The van der Waals surface area contributed by atoms with Crippen molar-refractivity contribution in [3.8, 4) is 0 Å². The maximum atomic E-state index is 12.8. The molecule has 2 amide bonds. The number of amides is 2. The number of carbonyl (C=O) groups excluding carboxylic acids is 2. The van der Waals surface area contributed by atoms with Crippen LogP contribution >= 0.6 is 11.3 Å². The van der Waals surface area contributed by atoms with Crippen LogP contribution in [-0.4, -0.2) is 57.6 Å². The maximum Gasteiger partial charge on any atom is 0.264 e. The second kappa shape index (κ2) is 6.03. The molecule has 1 fully saturated rings. The molecule has 0 aliphatic carbocycles. The fraction of sp³-hybridized carbons (Fsp3) is 0.353. The van der Waals surface area contributed by atoms with Crippen molar-refractivity contribution in [3.63, 3.8) is 0 Å². The lowest BCUT2D eigenvalue weighted by molar-refractivity contribution is 0.0537. The van der Waals surface area contributed by atoms with Gasteiger partial charge in [-0.1, -0.05) is 0 Å². The normalized spacial score (nSPS) is 15.1. The molecular formula is C17H18N4O3S. The number of hydrogen-bond acceptors (Lipinski definition) is 5. The predicted molar refractivity (Wildman–Crippen MR) is 93.8 cm³/mol. The largest absolute Gasteiger partial charge is 0.472 e. The first-order valence-electron chi connectivity index (χ1n) is 8.08. The van der Waals surface area contributed by atoms with Gasteiger partial charge >= 0.3 is 0 Å². The van der Waals surface area contributed by atoms with Gasteiger partial charge in [-0.25, -0.2) is 0 Å². The van der Waals surface area contributed by atoms with Gasteiger partial charge in [0.05, 0.1) is 22.4 Å². The first-order valence-corrected chi connectivity index (χ1v) is 8.90. The highest BCUT2D eigenvalue weighted by molar-refractivity contribution is 7.20. The molecule has 0 N–H and O–H groups in total. The van der Waals surface area contributed by atoms with Crippen molar-refractivity contribution in [2.75, 3.05) is 26.2 Å². The number of aromatic nitrogens is 2. The van der Waals surface area contributed by atoms with Crippen LogP contribution in [0.25, 0.3) is 10.2 Å². The quantitative estimate of drug-likeness (QED) is 0.704. The number of piperazine rings is 1. The molecule has 1 aliphatic heterocycles. The van der Waals surface area contributed by atoms with Gasteiger partial charge in [-0.15, -0.1) is 11.3 Å².